The van der Waals surface area contributed by atoms with Crippen molar-refractivity contribution >= 4 is 23.4 Å². The van der Waals surface area contributed by atoms with Crippen LogP contribution in [0.1, 0.15) is 37.8 Å². The van der Waals surface area contributed by atoms with Gasteiger partial charge in [0.2, 0.25) is 18.6 Å². The minimum atomic E-state index is -0.573. The Bertz CT molecular complexity index is 885. The second-order valence-corrected chi connectivity index (χ2v) is 7.74. The SMILES string of the molecule is CCCNC(=O)C(C)N(Cc1ccc(Cl)cc1)C(=O)CCc1ccc2c(c1)OCO2. The largest absolute Gasteiger partial charge is 0.454 e. The van der Waals surface area contributed by atoms with Gasteiger partial charge in [-0.25, -0.2) is 0 Å². The number of amides is 2. The van der Waals surface area contributed by atoms with E-state index in [4.69, 9.17) is 21.1 Å². The molecule has 0 aromatic heterocycles. The Hall–Kier alpha value is -2.73. The highest BCUT2D eigenvalue weighted by Crippen LogP contribution is 2.32. The third-order valence-corrected chi connectivity index (χ3v) is 5.30. The Kier molecular flexibility index (Phi) is 7.57. The van der Waals surface area contributed by atoms with Gasteiger partial charge in [0.25, 0.3) is 0 Å². The number of carbonyl (C=O) groups is 2. The number of ether oxygens (including phenoxy) is 2. The molecular weight excluding hydrogens is 404 g/mol. The highest BCUT2D eigenvalue weighted by Gasteiger charge is 2.26. The van der Waals surface area contributed by atoms with Crippen LogP contribution in [0.15, 0.2) is 42.5 Å². The summed E-state index contributed by atoms with van der Waals surface area (Å²) in [6.45, 7) is 4.91. The topological polar surface area (TPSA) is 67.9 Å². The lowest BCUT2D eigenvalue weighted by molar-refractivity contribution is -0.140. The Balaban J connectivity index is 1.69. The van der Waals surface area contributed by atoms with Gasteiger partial charge >= 0.3 is 0 Å². The molecule has 2 amide bonds. The summed E-state index contributed by atoms with van der Waals surface area (Å²) >= 11 is 5.97. The molecule has 0 spiro atoms. The second kappa shape index (κ2) is 10.3. The molecule has 30 heavy (non-hydrogen) atoms. The molecule has 7 heteroatoms. The fourth-order valence-electron chi connectivity index (χ4n) is 3.26. The van der Waals surface area contributed by atoms with E-state index in [-0.39, 0.29) is 18.6 Å². The fraction of sp³-hybridized carbons (Fsp3) is 0.391. The van der Waals surface area contributed by atoms with Gasteiger partial charge in [-0.15, -0.1) is 0 Å². The Labute approximate surface area is 182 Å². The van der Waals surface area contributed by atoms with Crippen LogP contribution in [0.3, 0.4) is 0 Å². The van der Waals surface area contributed by atoms with Crippen molar-refractivity contribution in [2.75, 3.05) is 13.3 Å². The maximum absolute atomic E-state index is 13.1. The van der Waals surface area contributed by atoms with Gasteiger partial charge in [0.15, 0.2) is 11.5 Å². The predicted molar refractivity (Wildman–Crippen MR) is 116 cm³/mol. The molecule has 1 atom stereocenters. The van der Waals surface area contributed by atoms with Gasteiger partial charge in [-0.2, -0.15) is 0 Å². The van der Waals surface area contributed by atoms with Gasteiger partial charge < -0.3 is 19.7 Å². The summed E-state index contributed by atoms with van der Waals surface area (Å²) in [4.78, 5) is 27.3. The van der Waals surface area contributed by atoms with Gasteiger partial charge in [0, 0.05) is 24.5 Å². The number of rotatable bonds is 9. The molecule has 0 saturated carbocycles. The normalized spacial score (nSPS) is 13.0. The molecular formula is C23H27ClN2O4. The third kappa shape index (κ3) is 5.66. The van der Waals surface area contributed by atoms with E-state index in [9.17, 15) is 9.59 Å². The average molecular weight is 431 g/mol. The number of halogens is 1. The number of hydrogen-bond acceptors (Lipinski definition) is 4. The van der Waals surface area contributed by atoms with Gasteiger partial charge in [-0.3, -0.25) is 9.59 Å². The summed E-state index contributed by atoms with van der Waals surface area (Å²) in [5.41, 5.74) is 1.91. The molecule has 1 N–H and O–H groups in total. The van der Waals surface area contributed by atoms with Crippen molar-refractivity contribution in [2.24, 2.45) is 0 Å². The van der Waals surface area contributed by atoms with Crippen LogP contribution < -0.4 is 14.8 Å². The van der Waals surface area contributed by atoms with E-state index < -0.39 is 6.04 Å². The molecule has 2 aromatic rings. The zero-order valence-electron chi connectivity index (χ0n) is 17.3. The highest BCUT2D eigenvalue weighted by molar-refractivity contribution is 6.30. The highest BCUT2D eigenvalue weighted by atomic mass is 35.5. The van der Waals surface area contributed by atoms with Crippen LogP contribution in [0, 0.1) is 0 Å². The molecule has 160 valence electrons. The van der Waals surface area contributed by atoms with Crippen LogP contribution in [0.5, 0.6) is 11.5 Å². The van der Waals surface area contributed by atoms with Crippen LogP contribution in [0.25, 0.3) is 0 Å². The maximum atomic E-state index is 13.1. The number of aryl methyl sites for hydroxylation is 1. The lowest BCUT2D eigenvalue weighted by Gasteiger charge is -2.29. The molecule has 0 radical (unpaired) electrons. The minimum absolute atomic E-state index is 0.0817. The smallest absolute Gasteiger partial charge is 0.242 e. The van der Waals surface area contributed by atoms with E-state index in [1.165, 1.54) is 0 Å². The number of nitrogens with one attached hydrogen (secondary N) is 1. The van der Waals surface area contributed by atoms with Gasteiger partial charge in [0.1, 0.15) is 6.04 Å². The minimum Gasteiger partial charge on any atom is -0.454 e. The first-order valence-corrected chi connectivity index (χ1v) is 10.6. The number of fused-ring (bicyclic) bond motifs is 1. The second-order valence-electron chi connectivity index (χ2n) is 7.30. The average Bonchev–Trinajstić information content (AvgIpc) is 3.22. The number of carbonyl (C=O) groups excluding carboxylic acids is 2. The summed E-state index contributed by atoms with van der Waals surface area (Å²) in [6.07, 6.45) is 1.68. The van der Waals surface area contributed by atoms with Gasteiger partial charge in [-0.1, -0.05) is 36.7 Å². The zero-order valence-corrected chi connectivity index (χ0v) is 18.1. The van der Waals surface area contributed by atoms with Crippen molar-refractivity contribution in [2.45, 2.75) is 45.7 Å². The molecule has 1 unspecified atom stereocenters. The third-order valence-electron chi connectivity index (χ3n) is 5.05. The maximum Gasteiger partial charge on any atom is 0.242 e. The van der Waals surface area contributed by atoms with E-state index in [0.717, 1.165) is 23.3 Å². The van der Waals surface area contributed by atoms with Crippen LogP contribution in [-0.4, -0.2) is 36.1 Å². The molecule has 1 aliphatic heterocycles. The van der Waals surface area contributed by atoms with Crippen molar-refractivity contribution < 1.29 is 19.1 Å². The molecule has 2 aromatic carbocycles. The molecule has 0 bridgehead atoms. The lowest BCUT2D eigenvalue weighted by atomic mass is 10.1. The Morgan fingerprint density at radius 2 is 1.80 bits per heavy atom. The van der Waals surface area contributed by atoms with Crippen LogP contribution in [-0.2, 0) is 22.6 Å². The fourth-order valence-corrected chi connectivity index (χ4v) is 3.38. The van der Waals surface area contributed by atoms with Gasteiger partial charge in [0.05, 0.1) is 0 Å². The lowest BCUT2D eigenvalue weighted by Crippen LogP contribution is -2.47. The molecule has 3 rings (SSSR count). The van der Waals surface area contributed by atoms with Crippen LogP contribution in [0.2, 0.25) is 5.02 Å². The summed E-state index contributed by atoms with van der Waals surface area (Å²) in [5.74, 6) is 1.19. The molecule has 0 fully saturated rings. The summed E-state index contributed by atoms with van der Waals surface area (Å²) < 4.78 is 10.7. The molecule has 0 saturated heterocycles. The van der Waals surface area contributed by atoms with Crippen LogP contribution in [0.4, 0.5) is 0 Å². The monoisotopic (exact) mass is 430 g/mol. The number of nitrogens with zero attached hydrogens (tertiary/aromatic N) is 1. The Morgan fingerprint density at radius 1 is 1.10 bits per heavy atom. The number of hydrogen-bond donors (Lipinski definition) is 1. The van der Waals surface area contributed by atoms with Crippen molar-refractivity contribution in [3.63, 3.8) is 0 Å². The van der Waals surface area contributed by atoms with Crippen molar-refractivity contribution in [3.05, 3.63) is 58.6 Å². The van der Waals surface area contributed by atoms with Gasteiger partial charge in [-0.05, 0) is 55.2 Å². The molecule has 1 heterocycles. The summed E-state index contributed by atoms with van der Waals surface area (Å²) in [6, 6.07) is 12.4. The first-order chi connectivity index (χ1) is 14.5. The molecule has 1 aliphatic rings. The summed E-state index contributed by atoms with van der Waals surface area (Å²) in [5, 5.41) is 3.51. The van der Waals surface area contributed by atoms with E-state index >= 15 is 0 Å². The van der Waals surface area contributed by atoms with E-state index in [1.54, 1.807) is 24.0 Å². The standard InChI is InChI=1S/C23H27ClN2O4/c1-3-12-25-23(28)16(2)26(14-18-4-8-19(24)9-5-18)22(27)11-7-17-6-10-20-21(13-17)30-15-29-20/h4-6,8-10,13,16H,3,7,11-12,14-15H2,1-2H3,(H,25,28). The van der Waals surface area contributed by atoms with E-state index in [0.29, 0.717) is 36.7 Å². The predicted octanol–water partition coefficient (Wildman–Crippen LogP) is 3.94. The Morgan fingerprint density at radius 3 is 2.53 bits per heavy atom. The first-order valence-electron chi connectivity index (χ1n) is 10.2. The number of benzene rings is 2. The quantitative estimate of drug-likeness (QED) is 0.654. The van der Waals surface area contributed by atoms with Crippen LogP contribution >= 0.6 is 11.6 Å². The van der Waals surface area contributed by atoms with Crippen molar-refractivity contribution in [1.82, 2.24) is 10.2 Å². The van der Waals surface area contributed by atoms with Crippen molar-refractivity contribution in [1.29, 1.82) is 0 Å². The summed E-state index contributed by atoms with van der Waals surface area (Å²) in [7, 11) is 0. The van der Waals surface area contributed by atoms with E-state index in [2.05, 4.69) is 5.32 Å². The first kappa shape index (κ1) is 22.0. The zero-order chi connectivity index (χ0) is 21.5. The van der Waals surface area contributed by atoms with Crippen molar-refractivity contribution in [3.8, 4) is 11.5 Å². The molecule has 6 nitrogen and oxygen atoms in total. The molecule has 0 aliphatic carbocycles. The van der Waals surface area contributed by atoms with E-state index in [1.807, 2.05) is 37.3 Å².